The molecule has 0 fully saturated rings. The van der Waals surface area contributed by atoms with Crippen LogP contribution in [0.25, 0.3) is 11.3 Å². The number of anilines is 2. The van der Waals surface area contributed by atoms with Crippen molar-refractivity contribution in [3.63, 3.8) is 0 Å². The van der Waals surface area contributed by atoms with E-state index in [4.69, 9.17) is 27.6 Å². The van der Waals surface area contributed by atoms with Crippen molar-refractivity contribution < 1.29 is 14.0 Å². The lowest BCUT2D eigenvalue weighted by Gasteiger charge is -2.09. The Morgan fingerprint density at radius 1 is 0.710 bits per heavy atom. The van der Waals surface area contributed by atoms with E-state index in [0.717, 1.165) is 5.56 Å². The minimum absolute atomic E-state index is 0.162. The van der Waals surface area contributed by atoms with Gasteiger partial charge in [-0.2, -0.15) is 0 Å². The molecule has 4 rings (SSSR count). The summed E-state index contributed by atoms with van der Waals surface area (Å²) in [4.78, 5) is 25.0. The maximum Gasteiger partial charge on any atom is 0.291 e. The monoisotopic (exact) mass is 450 g/mol. The number of benzene rings is 3. The zero-order valence-corrected chi connectivity index (χ0v) is 17.6. The standard InChI is InChI=1S/C24H16Cl2N2O3/c25-16-10-8-15(9-11-16)21-12-13-22(31-21)24(30)28-18-5-3-4-17(14-18)27-23(29)19-6-1-2-7-20(19)26/h1-14H,(H,27,29)(H,28,30). The van der Waals surface area contributed by atoms with E-state index in [1.54, 1.807) is 72.8 Å². The van der Waals surface area contributed by atoms with Crippen molar-refractivity contribution in [2.45, 2.75) is 0 Å². The number of hydrogen-bond donors (Lipinski definition) is 2. The van der Waals surface area contributed by atoms with Crippen molar-refractivity contribution in [3.8, 4) is 11.3 Å². The molecule has 4 aromatic rings. The predicted molar refractivity (Wildman–Crippen MR) is 123 cm³/mol. The fourth-order valence-corrected chi connectivity index (χ4v) is 3.29. The number of carbonyl (C=O) groups is 2. The first-order chi connectivity index (χ1) is 15.0. The number of rotatable bonds is 5. The smallest absolute Gasteiger partial charge is 0.291 e. The first-order valence-corrected chi connectivity index (χ1v) is 10.1. The van der Waals surface area contributed by atoms with Crippen LogP contribution in [-0.2, 0) is 0 Å². The Hall–Kier alpha value is -3.54. The van der Waals surface area contributed by atoms with Crippen molar-refractivity contribution in [2.75, 3.05) is 10.6 Å². The van der Waals surface area contributed by atoms with E-state index in [-0.39, 0.29) is 11.7 Å². The summed E-state index contributed by atoms with van der Waals surface area (Å²) >= 11 is 12.0. The molecule has 154 valence electrons. The summed E-state index contributed by atoms with van der Waals surface area (Å²) in [7, 11) is 0. The molecule has 2 N–H and O–H groups in total. The van der Waals surface area contributed by atoms with Gasteiger partial charge in [-0.1, -0.05) is 41.4 Å². The number of furan rings is 1. The van der Waals surface area contributed by atoms with Crippen LogP contribution in [0, 0.1) is 0 Å². The van der Waals surface area contributed by atoms with Gasteiger partial charge in [0.25, 0.3) is 11.8 Å². The molecule has 31 heavy (non-hydrogen) atoms. The molecule has 0 aliphatic heterocycles. The fourth-order valence-electron chi connectivity index (χ4n) is 2.94. The molecule has 0 spiro atoms. The average molecular weight is 451 g/mol. The van der Waals surface area contributed by atoms with Gasteiger partial charge in [0.05, 0.1) is 10.6 Å². The van der Waals surface area contributed by atoms with Crippen molar-refractivity contribution >= 4 is 46.4 Å². The molecule has 3 aromatic carbocycles. The van der Waals surface area contributed by atoms with Gasteiger partial charge in [-0.3, -0.25) is 9.59 Å². The van der Waals surface area contributed by atoms with Gasteiger partial charge in [-0.25, -0.2) is 0 Å². The number of nitrogens with one attached hydrogen (secondary N) is 2. The van der Waals surface area contributed by atoms with E-state index in [9.17, 15) is 9.59 Å². The maximum atomic E-state index is 12.6. The Labute approximate surface area is 188 Å². The van der Waals surface area contributed by atoms with E-state index in [0.29, 0.717) is 32.7 Å². The predicted octanol–water partition coefficient (Wildman–Crippen LogP) is 6.76. The van der Waals surface area contributed by atoms with Gasteiger partial charge in [-0.05, 0) is 66.7 Å². The van der Waals surface area contributed by atoms with Crippen LogP contribution >= 0.6 is 23.2 Å². The largest absolute Gasteiger partial charge is 0.451 e. The minimum Gasteiger partial charge on any atom is -0.451 e. The van der Waals surface area contributed by atoms with Crippen LogP contribution in [-0.4, -0.2) is 11.8 Å². The Kier molecular flexibility index (Phi) is 6.07. The quantitative estimate of drug-likeness (QED) is 0.352. The van der Waals surface area contributed by atoms with Crippen LogP contribution in [0.3, 0.4) is 0 Å². The normalized spacial score (nSPS) is 10.5. The molecule has 0 aliphatic rings. The molecule has 0 saturated heterocycles. The third-order valence-electron chi connectivity index (χ3n) is 4.46. The van der Waals surface area contributed by atoms with Crippen LogP contribution < -0.4 is 10.6 Å². The van der Waals surface area contributed by atoms with Crippen LogP contribution in [0.15, 0.2) is 89.3 Å². The third kappa shape index (κ3) is 4.97. The van der Waals surface area contributed by atoms with Gasteiger partial charge in [0, 0.05) is 22.0 Å². The highest BCUT2D eigenvalue weighted by Gasteiger charge is 2.14. The highest BCUT2D eigenvalue weighted by molar-refractivity contribution is 6.34. The lowest BCUT2D eigenvalue weighted by molar-refractivity contribution is 0.0995. The second-order valence-corrected chi connectivity index (χ2v) is 7.48. The maximum absolute atomic E-state index is 12.6. The van der Waals surface area contributed by atoms with Crippen molar-refractivity contribution in [1.29, 1.82) is 0 Å². The summed E-state index contributed by atoms with van der Waals surface area (Å²) < 4.78 is 5.67. The lowest BCUT2D eigenvalue weighted by Crippen LogP contribution is -2.14. The van der Waals surface area contributed by atoms with Crippen LogP contribution in [0.5, 0.6) is 0 Å². The summed E-state index contributed by atoms with van der Waals surface area (Å²) in [5, 5.41) is 6.52. The minimum atomic E-state index is -0.408. The van der Waals surface area contributed by atoms with Gasteiger partial charge >= 0.3 is 0 Å². The summed E-state index contributed by atoms with van der Waals surface area (Å²) in [6.07, 6.45) is 0. The molecular weight excluding hydrogens is 435 g/mol. The molecule has 0 aliphatic carbocycles. The highest BCUT2D eigenvalue weighted by Crippen LogP contribution is 2.25. The van der Waals surface area contributed by atoms with Gasteiger partial charge in [0.1, 0.15) is 5.76 Å². The fraction of sp³-hybridized carbons (Fsp3) is 0. The Balaban J connectivity index is 1.45. The van der Waals surface area contributed by atoms with Crippen LogP contribution in [0.1, 0.15) is 20.9 Å². The van der Waals surface area contributed by atoms with Crippen molar-refractivity contribution in [3.05, 3.63) is 106 Å². The summed E-state index contributed by atoms with van der Waals surface area (Å²) in [5.74, 6) is -0.0273. The lowest BCUT2D eigenvalue weighted by atomic mass is 10.2. The van der Waals surface area contributed by atoms with E-state index < -0.39 is 5.91 Å². The average Bonchev–Trinajstić information content (AvgIpc) is 3.25. The van der Waals surface area contributed by atoms with Gasteiger partial charge in [0.2, 0.25) is 0 Å². The number of hydrogen-bond acceptors (Lipinski definition) is 3. The molecule has 0 radical (unpaired) electrons. The second kappa shape index (κ2) is 9.08. The summed E-state index contributed by atoms with van der Waals surface area (Å²) in [6.45, 7) is 0. The molecule has 0 saturated carbocycles. The number of halogens is 2. The van der Waals surface area contributed by atoms with Crippen molar-refractivity contribution in [1.82, 2.24) is 0 Å². The molecular formula is C24H16Cl2N2O3. The van der Waals surface area contributed by atoms with Crippen molar-refractivity contribution in [2.24, 2.45) is 0 Å². The zero-order chi connectivity index (χ0) is 21.8. The van der Waals surface area contributed by atoms with Crippen LogP contribution in [0.2, 0.25) is 10.0 Å². The Morgan fingerprint density at radius 2 is 1.39 bits per heavy atom. The van der Waals surface area contributed by atoms with E-state index in [1.165, 1.54) is 0 Å². The Morgan fingerprint density at radius 3 is 2.10 bits per heavy atom. The van der Waals surface area contributed by atoms with Crippen LogP contribution in [0.4, 0.5) is 11.4 Å². The number of carbonyl (C=O) groups excluding carboxylic acids is 2. The molecule has 1 heterocycles. The zero-order valence-electron chi connectivity index (χ0n) is 16.1. The molecule has 0 bridgehead atoms. The topological polar surface area (TPSA) is 71.3 Å². The van der Waals surface area contributed by atoms with E-state index in [2.05, 4.69) is 10.6 Å². The van der Waals surface area contributed by atoms with Gasteiger partial charge < -0.3 is 15.1 Å². The first-order valence-electron chi connectivity index (χ1n) is 9.33. The van der Waals surface area contributed by atoms with Gasteiger partial charge in [0.15, 0.2) is 5.76 Å². The highest BCUT2D eigenvalue weighted by atomic mass is 35.5. The summed E-state index contributed by atoms with van der Waals surface area (Å²) in [5.41, 5.74) is 2.20. The molecule has 0 unspecified atom stereocenters. The molecule has 5 nitrogen and oxygen atoms in total. The van der Waals surface area contributed by atoms with E-state index >= 15 is 0 Å². The molecule has 1 aromatic heterocycles. The van der Waals surface area contributed by atoms with E-state index in [1.807, 2.05) is 12.1 Å². The second-order valence-electron chi connectivity index (χ2n) is 6.64. The number of amides is 2. The first kappa shape index (κ1) is 20.7. The Bertz CT molecular complexity index is 1250. The van der Waals surface area contributed by atoms with Gasteiger partial charge in [-0.15, -0.1) is 0 Å². The molecule has 2 amide bonds. The molecule has 7 heteroatoms. The SMILES string of the molecule is O=C(Nc1cccc(NC(=O)c2ccccc2Cl)c1)c1ccc(-c2ccc(Cl)cc2)o1. The molecule has 0 atom stereocenters. The summed E-state index contributed by atoms with van der Waals surface area (Å²) in [6, 6.07) is 24.0. The third-order valence-corrected chi connectivity index (χ3v) is 5.04.